The van der Waals surface area contributed by atoms with E-state index in [2.05, 4.69) is 15.3 Å². The van der Waals surface area contributed by atoms with Crippen LogP contribution >= 0.6 is 0 Å². The summed E-state index contributed by atoms with van der Waals surface area (Å²) < 4.78 is 0. The van der Waals surface area contributed by atoms with Crippen molar-refractivity contribution < 1.29 is 4.79 Å². The topological polar surface area (TPSA) is 54.9 Å². The average Bonchev–Trinajstić information content (AvgIpc) is 2.33. The third-order valence-corrected chi connectivity index (χ3v) is 2.65. The molecule has 0 aliphatic carbocycles. The largest absolute Gasteiger partial charge is 0.320 e. The van der Waals surface area contributed by atoms with Crippen LogP contribution in [-0.4, -0.2) is 15.9 Å². The number of aryl methyl sites for hydroxylation is 3. The van der Waals surface area contributed by atoms with Crippen LogP contribution in [-0.2, 0) is 0 Å². The van der Waals surface area contributed by atoms with E-state index in [1.165, 1.54) is 0 Å². The molecule has 0 radical (unpaired) electrons. The summed E-state index contributed by atoms with van der Waals surface area (Å²) in [6.07, 6.45) is 1.57. The van der Waals surface area contributed by atoms with Crippen LogP contribution < -0.4 is 5.32 Å². The first-order valence-electron chi connectivity index (χ1n) is 5.74. The molecule has 2 aromatic heterocycles. The van der Waals surface area contributed by atoms with Gasteiger partial charge in [-0.05, 0) is 45.0 Å². The Morgan fingerprint density at radius 1 is 1.06 bits per heavy atom. The number of amides is 1. The van der Waals surface area contributed by atoms with Crippen LogP contribution in [0.15, 0.2) is 30.5 Å². The Morgan fingerprint density at radius 2 is 1.78 bits per heavy atom. The molecule has 0 aliphatic heterocycles. The number of aromatic nitrogens is 2. The summed E-state index contributed by atoms with van der Waals surface area (Å²) >= 11 is 0. The molecule has 0 spiro atoms. The fraction of sp³-hybridized carbons (Fsp3) is 0.214. The molecule has 4 heteroatoms. The number of nitrogens with one attached hydrogen (secondary N) is 1. The normalized spacial score (nSPS) is 10.2. The number of carbonyl (C=O) groups is 1. The van der Waals surface area contributed by atoms with Gasteiger partial charge < -0.3 is 5.32 Å². The Bertz CT molecular complexity index is 576. The van der Waals surface area contributed by atoms with E-state index in [4.69, 9.17) is 0 Å². The van der Waals surface area contributed by atoms with Crippen molar-refractivity contribution in [2.24, 2.45) is 0 Å². The summed E-state index contributed by atoms with van der Waals surface area (Å²) in [5, 5.41) is 2.83. The number of carbonyl (C=O) groups excluding carboxylic acids is 1. The lowest BCUT2D eigenvalue weighted by Crippen LogP contribution is -2.13. The molecule has 0 saturated carbocycles. The third-order valence-electron chi connectivity index (χ3n) is 2.65. The van der Waals surface area contributed by atoms with Gasteiger partial charge in [-0.15, -0.1) is 0 Å². The number of rotatable bonds is 2. The van der Waals surface area contributed by atoms with E-state index < -0.39 is 0 Å². The van der Waals surface area contributed by atoms with Crippen molar-refractivity contribution in [2.45, 2.75) is 20.8 Å². The molecular formula is C14H15N3O. The van der Waals surface area contributed by atoms with E-state index in [9.17, 15) is 4.79 Å². The van der Waals surface area contributed by atoms with E-state index in [0.717, 1.165) is 22.8 Å². The molecule has 92 valence electrons. The molecule has 2 aromatic rings. The molecule has 0 atom stereocenters. The van der Waals surface area contributed by atoms with Crippen LogP contribution in [0.25, 0.3) is 0 Å². The number of hydrogen-bond acceptors (Lipinski definition) is 3. The summed E-state index contributed by atoms with van der Waals surface area (Å²) in [4.78, 5) is 20.4. The highest BCUT2D eigenvalue weighted by atomic mass is 16.1. The second-order valence-corrected chi connectivity index (χ2v) is 4.23. The fourth-order valence-corrected chi connectivity index (χ4v) is 1.62. The van der Waals surface area contributed by atoms with Gasteiger partial charge in [0.15, 0.2) is 0 Å². The first kappa shape index (κ1) is 12.2. The quantitative estimate of drug-likeness (QED) is 0.879. The maximum absolute atomic E-state index is 12.0. The van der Waals surface area contributed by atoms with Crippen LogP contribution in [0.5, 0.6) is 0 Å². The lowest BCUT2D eigenvalue weighted by Gasteiger charge is -2.08. The Labute approximate surface area is 106 Å². The van der Waals surface area contributed by atoms with Crippen molar-refractivity contribution >= 4 is 11.6 Å². The second kappa shape index (κ2) is 4.96. The van der Waals surface area contributed by atoms with E-state index in [0.29, 0.717) is 5.56 Å². The molecule has 2 heterocycles. The zero-order valence-corrected chi connectivity index (χ0v) is 10.7. The molecule has 1 N–H and O–H groups in total. The maximum Gasteiger partial charge on any atom is 0.257 e. The highest BCUT2D eigenvalue weighted by Gasteiger charge is 2.08. The molecule has 0 saturated heterocycles. The van der Waals surface area contributed by atoms with Crippen molar-refractivity contribution in [3.63, 3.8) is 0 Å². The molecule has 0 fully saturated rings. The van der Waals surface area contributed by atoms with Crippen LogP contribution in [0.4, 0.5) is 5.69 Å². The summed E-state index contributed by atoms with van der Waals surface area (Å²) in [7, 11) is 0. The van der Waals surface area contributed by atoms with E-state index in [-0.39, 0.29) is 5.91 Å². The lowest BCUT2D eigenvalue weighted by molar-refractivity contribution is 0.102. The molecule has 0 bridgehead atoms. The molecule has 18 heavy (non-hydrogen) atoms. The minimum Gasteiger partial charge on any atom is -0.320 e. The van der Waals surface area contributed by atoms with E-state index in [1.54, 1.807) is 12.3 Å². The monoisotopic (exact) mass is 241 g/mol. The van der Waals surface area contributed by atoms with Gasteiger partial charge in [0.2, 0.25) is 0 Å². The number of hydrogen-bond donors (Lipinski definition) is 1. The average molecular weight is 241 g/mol. The van der Waals surface area contributed by atoms with Gasteiger partial charge in [-0.3, -0.25) is 14.8 Å². The van der Waals surface area contributed by atoms with Gasteiger partial charge >= 0.3 is 0 Å². The Morgan fingerprint density at radius 3 is 2.39 bits per heavy atom. The van der Waals surface area contributed by atoms with Gasteiger partial charge in [-0.2, -0.15) is 0 Å². The predicted octanol–water partition coefficient (Wildman–Crippen LogP) is 2.65. The third kappa shape index (κ3) is 2.71. The van der Waals surface area contributed by atoms with Crippen molar-refractivity contribution in [3.8, 4) is 0 Å². The van der Waals surface area contributed by atoms with Crippen molar-refractivity contribution in [1.29, 1.82) is 0 Å². The van der Waals surface area contributed by atoms with Crippen molar-refractivity contribution in [2.75, 3.05) is 5.32 Å². The summed E-state index contributed by atoms with van der Waals surface area (Å²) in [6.45, 7) is 5.67. The van der Waals surface area contributed by atoms with Crippen molar-refractivity contribution in [3.05, 3.63) is 53.1 Å². The number of anilines is 1. The van der Waals surface area contributed by atoms with Crippen LogP contribution in [0.2, 0.25) is 0 Å². The van der Waals surface area contributed by atoms with Gasteiger partial charge in [0.05, 0.1) is 16.9 Å². The Balaban J connectivity index is 2.18. The molecular weight excluding hydrogens is 226 g/mol. The summed E-state index contributed by atoms with van der Waals surface area (Å²) in [5.74, 6) is -0.170. The van der Waals surface area contributed by atoms with Crippen molar-refractivity contribution in [1.82, 2.24) is 9.97 Å². The Hall–Kier alpha value is -2.23. The Kier molecular flexibility index (Phi) is 3.37. The highest BCUT2D eigenvalue weighted by molar-refractivity contribution is 6.04. The SMILES string of the molecule is Cc1ccc(C(=O)Nc2ccc(C)nc2C)cn1. The highest BCUT2D eigenvalue weighted by Crippen LogP contribution is 2.14. The van der Waals surface area contributed by atoms with Gasteiger partial charge in [-0.1, -0.05) is 0 Å². The zero-order valence-electron chi connectivity index (χ0n) is 10.7. The van der Waals surface area contributed by atoms with Gasteiger partial charge in [-0.25, -0.2) is 0 Å². The summed E-state index contributed by atoms with van der Waals surface area (Å²) in [5.41, 5.74) is 3.90. The standard InChI is InChI=1S/C14H15N3O/c1-9-4-6-12(8-15-9)14(18)17-13-7-5-10(2)16-11(13)3/h4-8H,1-3H3,(H,17,18). The minimum absolute atomic E-state index is 0.170. The predicted molar refractivity (Wildman–Crippen MR) is 70.6 cm³/mol. The van der Waals surface area contributed by atoms with Crippen LogP contribution in [0, 0.1) is 20.8 Å². The van der Waals surface area contributed by atoms with Crippen LogP contribution in [0.1, 0.15) is 27.4 Å². The molecule has 4 nitrogen and oxygen atoms in total. The smallest absolute Gasteiger partial charge is 0.257 e. The van der Waals surface area contributed by atoms with E-state index in [1.807, 2.05) is 39.0 Å². The molecule has 1 amide bonds. The van der Waals surface area contributed by atoms with Crippen LogP contribution in [0.3, 0.4) is 0 Å². The lowest BCUT2D eigenvalue weighted by atomic mass is 10.2. The molecule has 2 rings (SSSR count). The summed E-state index contributed by atoms with van der Waals surface area (Å²) in [6, 6.07) is 7.30. The molecule has 0 aromatic carbocycles. The zero-order chi connectivity index (χ0) is 13.1. The van der Waals surface area contributed by atoms with Gasteiger partial charge in [0.25, 0.3) is 5.91 Å². The second-order valence-electron chi connectivity index (χ2n) is 4.23. The van der Waals surface area contributed by atoms with Gasteiger partial charge in [0, 0.05) is 17.6 Å². The van der Waals surface area contributed by atoms with E-state index >= 15 is 0 Å². The number of pyridine rings is 2. The maximum atomic E-state index is 12.0. The first-order chi connectivity index (χ1) is 8.56. The fourth-order valence-electron chi connectivity index (χ4n) is 1.62. The molecule has 0 aliphatic rings. The molecule has 0 unspecified atom stereocenters. The van der Waals surface area contributed by atoms with Gasteiger partial charge in [0.1, 0.15) is 0 Å². The number of nitrogens with zero attached hydrogens (tertiary/aromatic N) is 2. The minimum atomic E-state index is -0.170. The first-order valence-corrected chi connectivity index (χ1v) is 5.74.